The monoisotopic (exact) mass is 569 g/mol. The molecule has 1 aromatic rings. The maximum absolute atomic E-state index is 13.1. The Morgan fingerprint density at radius 3 is 2.28 bits per heavy atom. The van der Waals surface area contributed by atoms with E-state index in [1.807, 2.05) is 6.92 Å². The van der Waals surface area contributed by atoms with Gasteiger partial charge in [0, 0.05) is 32.5 Å². The number of carbonyl (C=O) groups excluding carboxylic acids is 2. The van der Waals surface area contributed by atoms with E-state index in [1.165, 1.54) is 32.4 Å². The number of methoxy groups -OCH3 is 2. The number of unbranched alkanes of at least 4 members (excludes halogenated alkanes) is 1. The highest BCUT2D eigenvalue weighted by Gasteiger charge is 2.34. The number of benzene rings is 1. The number of allylic oxidation sites excluding steroid dienone is 1. The van der Waals surface area contributed by atoms with Crippen molar-refractivity contribution < 1.29 is 39.2 Å². The van der Waals surface area contributed by atoms with E-state index in [0.717, 1.165) is 19.3 Å². The third kappa shape index (κ3) is 10.2. The number of ketones is 1. The zero-order valence-electron chi connectivity index (χ0n) is 23.9. The minimum absolute atomic E-state index is 0.0183. The lowest BCUT2D eigenvalue weighted by Crippen LogP contribution is -2.50. The van der Waals surface area contributed by atoms with Crippen LogP contribution in [0.2, 0.25) is 5.02 Å². The van der Waals surface area contributed by atoms with Crippen LogP contribution in [0.1, 0.15) is 59.4 Å². The third-order valence-electron chi connectivity index (χ3n) is 7.17. The Morgan fingerprint density at radius 2 is 1.77 bits per heavy atom. The number of carboxylic acid groups (broad SMARTS) is 1. The number of halogens is 1. The summed E-state index contributed by atoms with van der Waals surface area (Å²) in [6, 6.07) is 3.03. The summed E-state index contributed by atoms with van der Waals surface area (Å²) >= 11 is 5.92. The molecule has 0 aliphatic carbocycles. The Kier molecular flexibility index (Phi) is 14.7. The molecule has 39 heavy (non-hydrogen) atoms. The van der Waals surface area contributed by atoms with E-state index >= 15 is 0 Å². The van der Waals surface area contributed by atoms with Gasteiger partial charge in [-0.3, -0.25) is 9.59 Å². The van der Waals surface area contributed by atoms with Crippen LogP contribution in [0.25, 0.3) is 0 Å². The average molecular weight is 570 g/mol. The van der Waals surface area contributed by atoms with Crippen molar-refractivity contribution in [2.45, 2.75) is 84.7 Å². The lowest BCUT2D eigenvalue weighted by Gasteiger charge is -2.29. The molecule has 0 bridgehead atoms. The summed E-state index contributed by atoms with van der Waals surface area (Å²) in [7, 11) is 2.78. The number of carbonyl (C=O) groups is 3. The Labute approximate surface area is 236 Å². The molecule has 10 heteroatoms. The van der Waals surface area contributed by atoms with Crippen LogP contribution >= 0.6 is 11.6 Å². The first kappa shape index (κ1) is 34.6. The Morgan fingerprint density at radius 1 is 1.13 bits per heavy atom. The van der Waals surface area contributed by atoms with Gasteiger partial charge in [0.15, 0.2) is 5.78 Å². The SMILES string of the molecule is CCCC[C@@H](C)[C@H](O)[C@H](C)C(=O)/C(C)=C/[C@@H](OC)[C@@H](C)[C@@H](OC)C(=O)N[C@H](Cc1ccc(O)c(Cl)c1)C(=O)O. The van der Waals surface area contributed by atoms with Crippen LogP contribution in [0.4, 0.5) is 0 Å². The van der Waals surface area contributed by atoms with Gasteiger partial charge in [-0.1, -0.05) is 58.2 Å². The lowest BCUT2D eigenvalue weighted by molar-refractivity contribution is -0.145. The van der Waals surface area contributed by atoms with Gasteiger partial charge in [-0.2, -0.15) is 0 Å². The normalized spacial score (nSPS) is 17.4. The molecule has 9 nitrogen and oxygen atoms in total. The van der Waals surface area contributed by atoms with Gasteiger partial charge in [-0.05, 0) is 48.6 Å². The second-order valence-electron chi connectivity index (χ2n) is 10.2. The topological polar surface area (TPSA) is 142 Å². The fourth-order valence-corrected chi connectivity index (χ4v) is 4.77. The van der Waals surface area contributed by atoms with Crippen LogP contribution < -0.4 is 5.32 Å². The molecule has 0 fully saturated rings. The number of aromatic hydroxyl groups is 1. The summed E-state index contributed by atoms with van der Waals surface area (Å²) in [5.41, 5.74) is 0.908. The predicted molar refractivity (Wildman–Crippen MR) is 150 cm³/mol. The van der Waals surface area contributed by atoms with Crippen LogP contribution in [0, 0.1) is 17.8 Å². The highest BCUT2D eigenvalue weighted by Crippen LogP contribution is 2.25. The predicted octanol–water partition coefficient (Wildman–Crippen LogP) is 4.16. The van der Waals surface area contributed by atoms with Crippen molar-refractivity contribution in [1.29, 1.82) is 0 Å². The molecule has 1 aromatic carbocycles. The lowest BCUT2D eigenvalue weighted by atomic mass is 9.84. The van der Waals surface area contributed by atoms with E-state index < -0.39 is 48.1 Å². The highest BCUT2D eigenvalue weighted by atomic mass is 35.5. The Balaban J connectivity index is 3.01. The number of nitrogens with one attached hydrogen (secondary N) is 1. The summed E-state index contributed by atoms with van der Waals surface area (Å²) in [6.07, 6.45) is 1.80. The van der Waals surface area contributed by atoms with Crippen molar-refractivity contribution in [1.82, 2.24) is 5.32 Å². The van der Waals surface area contributed by atoms with E-state index in [1.54, 1.807) is 26.8 Å². The van der Waals surface area contributed by atoms with Crippen molar-refractivity contribution >= 4 is 29.3 Å². The standard InChI is InChI=1S/C29H44ClNO8/c1-8-9-10-16(2)25(33)19(5)26(34)17(3)13-24(38-6)18(4)27(39-7)28(35)31-22(29(36)37)15-20-11-12-23(32)21(30)14-20/h11-14,16,18-19,22,24-25,27,32-33H,8-10,15H2,1-7H3,(H,31,35)(H,36,37)/b17-13+/t16-,18-,19+,22-,24-,25+,27-/m1/s1. The fourth-order valence-electron chi connectivity index (χ4n) is 4.57. The number of aliphatic hydroxyl groups is 1. The third-order valence-corrected chi connectivity index (χ3v) is 7.47. The smallest absolute Gasteiger partial charge is 0.326 e. The van der Waals surface area contributed by atoms with Gasteiger partial charge in [0.2, 0.25) is 5.91 Å². The molecule has 0 unspecified atom stereocenters. The number of amides is 1. The molecule has 0 spiro atoms. The molecule has 0 heterocycles. The van der Waals surface area contributed by atoms with Crippen molar-refractivity contribution in [3.8, 4) is 5.75 Å². The molecular formula is C29H44ClNO8. The minimum atomic E-state index is -1.28. The fraction of sp³-hybridized carbons (Fsp3) is 0.621. The number of aliphatic carboxylic acids is 1. The van der Waals surface area contributed by atoms with E-state index in [-0.39, 0.29) is 28.9 Å². The average Bonchev–Trinajstić information content (AvgIpc) is 2.90. The minimum Gasteiger partial charge on any atom is -0.506 e. The molecule has 0 aliphatic heterocycles. The number of rotatable bonds is 17. The van der Waals surface area contributed by atoms with E-state index in [9.17, 15) is 29.7 Å². The molecule has 0 saturated carbocycles. The number of phenols is 1. The van der Waals surface area contributed by atoms with Crippen LogP contribution in [0.5, 0.6) is 5.75 Å². The number of hydrogen-bond donors (Lipinski definition) is 4. The molecular weight excluding hydrogens is 526 g/mol. The zero-order valence-corrected chi connectivity index (χ0v) is 24.7. The van der Waals surface area contributed by atoms with Gasteiger partial charge in [0.1, 0.15) is 17.9 Å². The first-order chi connectivity index (χ1) is 18.3. The van der Waals surface area contributed by atoms with Crippen molar-refractivity contribution in [2.75, 3.05) is 14.2 Å². The van der Waals surface area contributed by atoms with Gasteiger partial charge >= 0.3 is 5.97 Å². The second-order valence-corrected chi connectivity index (χ2v) is 10.6. The van der Waals surface area contributed by atoms with E-state index in [4.69, 9.17) is 21.1 Å². The number of phenolic OH excluding ortho intramolecular Hbond substituents is 1. The second kappa shape index (κ2) is 16.6. The number of aliphatic hydroxyl groups excluding tert-OH is 1. The Bertz CT molecular complexity index is 997. The van der Waals surface area contributed by atoms with Gasteiger partial charge in [0.05, 0.1) is 17.2 Å². The molecule has 0 saturated heterocycles. The van der Waals surface area contributed by atoms with Gasteiger partial charge in [-0.15, -0.1) is 0 Å². The van der Waals surface area contributed by atoms with Gasteiger partial charge in [0.25, 0.3) is 0 Å². The maximum Gasteiger partial charge on any atom is 0.326 e. The van der Waals surface area contributed by atoms with E-state index in [0.29, 0.717) is 11.1 Å². The first-order valence-electron chi connectivity index (χ1n) is 13.3. The molecule has 1 amide bonds. The number of hydrogen-bond acceptors (Lipinski definition) is 7. The molecule has 0 aromatic heterocycles. The van der Waals surface area contributed by atoms with Crippen LogP contribution in [0.15, 0.2) is 29.8 Å². The van der Waals surface area contributed by atoms with Gasteiger partial charge in [-0.25, -0.2) is 4.79 Å². The quantitative estimate of drug-likeness (QED) is 0.205. The molecule has 0 radical (unpaired) electrons. The van der Waals surface area contributed by atoms with Crippen LogP contribution in [-0.2, 0) is 30.3 Å². The summed E-state index contributed by atoms with van der Waals surface area (Å²) in [5, 5.41) is 32.5. The number of Topliss-reactive ketones (excluding diaryl/α,β-unsaturated/α-hetero) is 1. The van der Waals surface area contributed by atoms with E-state index in [2.05, 4.69) is 12.2 Å². The Hall–Kier alpha value is -2.46. The molecule has 4 N–H and O–H groups in total. The largest absolute Gasteiger partial charge is 0.506 e. The van der Waals surface area contributed by atoms with Crippen molar-refractivity contribution in [3.05, 3.63) is 40.4 Å². The van der Waals surface area contributed by atoms with Crippen molar-refractivity contribution in [2.24, 2.45) is 17.8 Å². The van der Waals surface area contributed by atoms with Crippen LogP contribution in [-0.4, -0.2) is 71.6 Å². The zero-order chi connectivity index (χ0) is 29.9. The summed E-state index contributed by atoms with van der Waals surface area (Å²) in [4.78, 5) is 38.0. The summed E-state index contributed by atoms with van der Waals surface area (Å²) < 4.78 is 11.0. The van der Waals surface area contributed by atoms with Crippen LogP contribution in [0.3, 0.4) is 0 Å². The van der Waals surface area contributed by atoms with Crippen molar-refractivity contribution in [3.63, 3.8) is 0 Å². The summed E-state index contributed by atoms with van der Waals surface area (Å²) in [6.45, 7) is 9.07. The maximum atomic E-state index is 13.1. The molecule has 220 valence electrons. The molecule has 7 atom stereocenters. The van der Waals surface area contributed by atoms with Gasteiger partial charge < -0.3 is 30.1 Å². The number of carboxylic acids is 1. The highest BCUT2D eigenvalue weighted by molar-refractivity contribution is 6.32. The first-order valence-corrected chi connectivity index (χ1v) is 13.6. The molecule has 1 rings (SSSR count). The molecule has 0 aliphatic rings. The summed E-state index contributed by atoms with van der Waals surface area (Å²) in [5.74, 6) is -3.47. The number of ether oxygens (including phenoxy) is 2.